The molecule has 0 saturated carbocycles. The van der Waals surface area contributed by atoms with Gasteiger partial charge in [0.1, 0.15) is 26.4 Å². The summed E-state index contributed by atoms with van der Waals surface area (Å²) in [6.45, 7) is 37.5. The van der Waals surface area contributed by atoms with Gasteiger partial charge in [-0.3, -0.25) is 19.2 Å². The van der Waals surface area contributed by atoms with Gasteiger partial charge >= 0.3 is 23.9 Å². The molecule has 17 nitrogen and oxygen atoms in total. The lowest BCUT2D eigenvalue weighted by Crippen LogP contribution is -2.19. The summed E-state index contributed by atoms with van der Waals surface area (Å²) >= 11 is 0. The largest absolute Gasteiger partial charge is 0.463 e. The summed E-state index contributed by atoms with van der Waals surface area (Å²) in [5.74, 6) is -1.92. The van der Waals surface area contributed by atoms with Crippen LogP contribution in [0.3, 0.4) is 0 Å². The van der Waals surface area contributed by atoms with Gasteiger partial charge in [-0.05, 0) is 141 Å². The first-order valence-electron chi connectivity index (χ1n) is 37.5. The molecule has 0 aromatic carbocycles. The van der Waals surface area contributed by atoms with Gasteiger partial charge < -0.3 is 61.6 Å². The maximum atomic E-state index is 12.2. The summed E-state index contributed by atoms with van der Waals surface area (Å²) < 4.78 is 70.6. The molecule has 0 heterocycles. The second-order valence-electron chi connectivity index (χ2n) is 27.5. The number of hydrogen-bond acceptors (Lipinski definition) is 17. The molecule has 0 amide bonds. The van der Waals surface area contributed by atoms with Crippen LogP contribution in [0.2, 0.25) is 0 Å². The minimum atomic E-state index is -0.493. The Morgan fingerprint density at radius 1 is 0.295 bits per heavy atom. The monoisotopic (exact) mass is 1460 g/mol. The summed E-state index contributed by atoms with van der Waals surface area (Å²) in [6.07, 6.45) is 56.8. The third kappa shape index (κ3) is 52.5. The number of carbonyl (C=O) groups is 4. The van der Waals surface area contributed by atoms with E-state index in [4.69, 9.17) is 61.6 Å². The Balaban J connectivity index is 1.32. The predicted octanol–water partition coefficient (Wildman–Crippen LogP) is 17.9. The van der Waals surface area contributed by atoms with Gasteiger partial charge in [0.25, 0.3) is 0 Å². The topological polar surface area (TPSA) is 188 Å². The van der Waals surface area contributed by atoms with Crippen molar-refractivity contribution < 1.29 is 80.8 Å². The Hall–Kier alpha value is -7.16. The average Bonchev–Trinajstić information content (AvgIpc) is 0.830. The maximum Gasteiger partial charge on any atom is 0.306 e. The van der Waals surface area contributed by atoms with E-state index < -0.39 is 23.9 Å². The van der Waals surface area contributed by atoms with Crippen LogP contribution in [0.1, 0.15) is 161 Å². The van der Waals surface area contributed by atoms with Crippen LogP contribution in [0.25, 0.3) is 0 Å². The number of rotatable bonds is 56. The van der Waals surface area contributed by atoms with Crippen molar-refractivity contribution in [3.8, 4) is 0 Å². The molecule has 0 atom stereocenters. The zero-order valence-corrected chi connectivity index (χ0v) is 66.4. The normalized spacial score (nSPS) is 16.4. The number of hydrogen-bond donors (Lipinski definition) is 0. The van der Waals surface area contributed by atoms with Crippen LogP contribution < -0.4 is 0 Å². The van der Waals surface area contributed by atoms with Crippen LogP contribution in [0.4, 0.5) is 0 Å². The van der Waals surface area contributed by atoms with Gasteiger partial charge in [-0.15, -0.1) is 0 Å². The molecular weight excluding hydrogens is 1330 g/mol. The first kappa shape index (κ1) is 93.9. The van der Waals surface area contributed by atoms with Crippen molar-refractivity contribution in [1.82, 2.24) is 0 Å². The highest BCUT2D eigenvalue weighted by atomic mass is 16.6. The van der Waals surface area contributed by atoms with E-state index in [0.717, 1.165) is 33.4 Å². The van der Waals surface area contributed by atoms with E-state index in [-0.39, 0.29) is 76.2 Å². The van der Waals surface area contributed by atoms with E-state index in [0.29, 0.717) is 106 Å². The summed E-state index contributed by atoms with van der Waals surface area (Å²) in [7, 11) is 0. The van der Waals surface area contributed by atoms with Crippen LogP contribution in [0.5, 0.6) is 0 Å². The van der Waals surface area contributed by atoms with Crippen LogP contribution in [0, 0.1) is 10.8 Å². The lowest BCUT2D eigenvalue weighted by molar-refractivity contribution is -0.150. The third-order valence-electron chi connectivity index (χ3n) is 16.6. The summed E-state index contributed by atoms with van der Waals surface area (Å²) in [5.41, 5.74) is 15.1. The van der Waals surface area contributed by atoms with E-state index in [9.17, 15) is 19.2 Å². The van der Waals surface area contributed by atoms with Crippen molar-refractivity contribution in [3.63, 3.8) is 0 Å². The standard InChI is InChI=1S/C88H130O17/c1-71(29-19-33-75(5)39-41-81-79(9)37-23-47-87(81,11)12)25-15-17-27-73(3)31-21-35-77(7)69-104-85(91)45-43-83(89)102-67-65-100-63-61-98-59-57-96-55-53-94-51-49-93-50-52-95-54-56-97-58-60-99-62-64-101-66-68-103-84(90)44-46-86(92)105-70-78(8)36-22-32-74(4)28-18-16-26-72(2)30-20-34-76(6)40-42-82-80(10)38-24-48-88(82,13)14/h15-22,25-36,39-42H,23-24,37-38,43-70H2,1-14H3/b17-15+,18-16+,29-19+,30-20+,31-21+,32-22+,41-39+,42-40+,71-25+,72-26+,73-27+,74-28+,75-33+,76-34+,77-35+,78-36+. The Morgan fingerprint density at radius 3 is 0.771 bits per heavy atom. The van der Waals surface area contributed by atoms with Gasteiger partial charge in [-0.2, -0.15) is 0 Å². The lowest BCUT2D eigenvalue weighted by Gasteiger charge is -2.33. The van der Waals surface area contributed by atoms with Crippen molar-refractivity contribution in [3.05, 3.63) is 213 Å². The van der Waals surface area contributed by atoms with E-state index in [1.165, 1.54) is 72.0 Å². The molecule has 584 valence electrons. The van der Waals surface area contributed by atoms with E-state index in [1.54, 1.807) is 0 Å². The zero-order valence-electron chi connectivity index (χ0n) is 66.4. The molecule has 2 rings (SSSR count). The number of allylic oxidation sites excluding steroid dienone is 34. The Bertz CT molecular complexity index is 2930. The number of ether oxygens (including phenoxy) is 13. The highest BCUT2D eigenvalue weighted by Crippen LogP contribution is 2.42. The number of esters is 4. The van der Waals surface area contributed by atoms with E-state index >= 15 is 0 Å². The molecule has 0 aromatic rings. The Labute approximate surface area is 631 Å². The highest BCUT2D eigenvalue weighted by molar-refractivity contribution is 5.78. The second kappa shape index (κ2) is 59.9. The van der Waals surface area contributed by atoms with Gasteiger partial charge in [0.2, 0.25) is 0 Å². The van der Waals surface area contributed by atoms with Gasteiger partial charge in [0.05, 0.1) is 145 Å². The van der Waals surface area contributed by atoms with Crippen molar-refractivity contribution in [2.45, 2.75) is 161 Å². The molecule has 105 heavy (non-hydrogen) atoms. The summed E-state index contributed by atoms with van der Waals surface area (Å²) in [6, 6.07) is 0. The molecule has 17 heteroatoms. The highest BCUT2D eigenvalue weighted by Gasteiger charge is 2.27. The SMILES string of the molecule is CC1=C(/C=C/C(C)=C/C=C/C(C)=C/C=C/C=C(C)/C=C/C=C(\C)COC(=O)CCC(=O)OCCOCCOCCOCCOCCOCCOCCOCCOCCOCCOC(=O)CCC(=O)OC/C(C)=C/C=C/C(C)=C/C=C/C=C(C)/C=C/C=C(C)/C=C/C2=C(C)CCCC2(C)C)C(C)(C)CCC1. The molecule has 2 aliphatic carbocycles. The maximum absolute atomic E-state index is 12.2. The summed E-state index contributed by atoms with van der Waals surface area (Å²) in [5, 5.41) is 0. The quantitative estimate of drug-likeness (QED) is 0.0242. The van der Waals surface area contributed by atoms with Crippen LogP contribution >= 0.6 is 0 Å². The second-order valence-corrected chi connectivity index (χ2v) is 27.5. The van der Waals surface area contributed by atoms with Gasteiger partial charge in [0.15, 0.2) is 0 Å². The fourth-order valence-electron chi connectivity index (χ4n) is 10.5. The molecule has 0 spiro atoms. The van der Waals surface area contributed by atoms with Gasteiger partial charge in [-0.1, -0.05) is 218 Å². The fraction of sp³-hybridized carbons (Fsp3) is 0.545. The van der Waals surface area contributed by atoms with Gasteiger partial charge in [0, 0.05) is 0 Å². The molecule has 0 bridgehead atoms. The first-order valence-corrected chi connectivity index (χ1v) is 37.5. The molecule has 0 N–H and O–H groups in total. The summed E-state index contributed by atoms with van der Waals surface area (Å²) in [4.78, 5) is 48.7. The molecule has 0 radical (unpaired) electrons. The van der Waals surface area contributed by atoms with E-state index in [2.05, 4.69) is 142 Å². The van der Waals surface area contributed by atoms with E-state index in [1.807, 2.05) is 101 Å². The molecule has 0 aliphatic heterocycles. The minimum absolute atomic E-state index is 0.0672. The van der Waals surface area contributed by atoms with Crippen LogP contribution in [0.15, 0.2) is 213 Å². The van der Waals surface area contributed by atoms with Crippen LogP contribution in [-0.2, 0) is 80.8 Å². The molecule has 0 unspecified atom stereocenters. The lowest BCUT2D eigenvalue weighted by atomic mass is 9.72. The van der Waals surface area contributed by atoms with Gasteiger partial charge in [-0.25, -0.2) is 0 Å². The number of carbonyl (C=O) groups excluding carboxylic acids is 4. The molecule has 0 aromatic heterocycles. The zero-order chi connectivity index (χ0) is 77.0. The third-order valence-corrected chi connectivity index (χ3v) is 16.6. The molecular formula is C88H130O17. The van der Waals surface area contributed by atoms with Crippen molar-refractivity contribution in [1.29, 1.82) is 0 Å². The average molecular weight is 1460 g/mol. The Kier molecular flexibility index (Phi) is 53.6. The van der Waals surface area contributed by atoms with Crippen LogP contribution in [-0.4, -0.2) is 169 Å². The first-order chi connectivity index (χ1) is 50.5. The van der Waals surface area contributed by atoms with Crippen molar-refractivity contribution in [2.75, 3.05) is 145 Å². The molecule has 0 saturated heterocycles. The Morgan fingerprint density at radius 2 is 0.514 bits per heavy atom. The molecule has 0 fully saturated rings. The smallest absolute Gasteiger partial charge is 0.306 e. The van der Waals surface area contributed by atoms with Crippen molar-refractivity contribution in [2.24, 2.45) is 10.8 Å². The fourth-order valence-corrected chi connectivity index (χ4v) is 10.5. The van der Waals surface area contributed by atoms with Crippen molar-refractivity contribution >= 4 is 23.9 Å². The molecule has 2 aliphatic rings. The predicted molar refractivity (Wildman–Crippen MR) is 424 cm³/mol. The minimum Gasteiger partial charge on any atom is -0.463 e.